The van der Waals surface area contributed by atoms with Crippen molar-refractivity contribution in [1.29, 1.82) is 0 Å². The molecule has 0 aromatic carbocycles. The van der Waals surface area contributed by atoms with E-state index in [1.54, 1.807) is 23.8 Å². The number of nitrogens with zero attached hydrogens (tertiary/aromatic N) is 1. The summed E-state index contributed by atoms with van der Waals surface area (Å²) < 4.78 is 6.55. The van der Waals surface area contributed by atoms with Gasteiger partial charge in [-0.2, -0.15) is 0 Å². The molecule has 0 unspecified atom stereocenters. The maximum absolute atomic E-state index is 11.1. The van der Waals surface area contributed by atoms with Crippen molar-refractivity contribution in [2.75, 3.05) is 6.61 Å². The number of pyridine rings is 1. The summed E-state index contributed by atoms with van der Waals surface area (Å²) in [6.07, 6.45) is 3.19. The molecule has 0 aliphatic heterocycles. The van der Waals surface area contributed by atoms with Crippen LogP contribution in [0, 0.1) is 0 Å². The van der Waals surface area contributed by atoms with Gasteiger partial charge >= 0.3 is 11.9 Å². The average Bonchev–Trinajstić information content (AvgIpc) is 2.29. The minimum Gasteiger partial charge on any atom is -0.477 e. The van der Waals surface area contributed by atoms with Crippen LogP contribution in [0.2, 0.25) is 0 Å². The molecule has 0 atom stereocenters. The third-order valence-electron chi connectivity index (χ3n) is 2.04. The van der Waals surface area contributed by atoms with Crippen LogP contribution in [0.3, 0.4) is 0 Å². The van der Waals surface area contributed by atoms with E-state index in [0.29, 0.717) is 12.1 Å². The Morgan fingerprint density at radius 2 is 2.24 bits per heavy atom. The Kier molecular flexibility index (Phi) is 4.39. The van der Waals surface area contributed by atoms with Crippen molar-refractivity contribution in [3.63, 3.8) is 0 Å². The molecule has 1 heterocycles. The lowest BCUT2D eigenvalue weighted by atomic mass is 10.3. The summed E-state index contributed by atoms with van der Waals surface area (Å²) >= 11 is 0. The Hall–Kier alpha value is -2.17. The highest BCUT2D eigenvalue weighted by atomic mass is 16.5. The summed E-state index contributed by atoms with van der Waals surface area (Å²) in [6, 6.07) is 3.13. The van der Waals surface area contributed by atoms with Gasteiger partial charge in [-0.25, -0.2) is 14.2 Å². The predicted molar refractivity (Wildman–Crippen MR) is 59.4 cm³/mol. The molecule has 1 N–H and O–H groups in total. The van der Waals surface area contributed by atoms with Crippen LogP contribution in [0.4, 0.5) is 0 Å². The van der Waals surface area contributed by atoms with E-state index in [4.69, 9.17) is 9.84 Å². The summed E-state index contributed by atoms with van der Waals surface area (Å²) in [4.78, 5) is 21.8. The molecule has 0 bridgehead atoms. The van der Waals surface area contributed by atoms with Gasteiger partial charge in [0.05, 0.1) is 0 Å². The summed E-state index contributed by atoms with van der Waals surface area (Å²) in [5.41, 5.74) is 0.535. The lowest BCUT2D eigenvalue weighted by molar-refractivity contribution is -0.698. The van der Waals surface area contributed by atoms with Crippen molar-refractivity contribution < 1.29 is 24.0 Å². The summed E-state index contributed by atoms with van der Waals surface area (Å²) in [6.45, 7) is 5.61. The molecule has 0 fully saturated rings. The zero-order valence-corrected chi connectivity index (χ0v) is 9.55. The smallest absolute Gasteiger partial charge is 0.341 e. The van der Waals surface area contributed by atoms with Crippen molar-refractivity contribution in [2.45, 2.75) is 13.5 Å². The lowest BCUT2D eigenvalue weighted by Gasteiger charge is -2.01. The maximum Gasteiger partial charge on any atom is 0.341 e. The first-order chi connectivity index (χ1) is 8.00. The predicted octanol–water partition coefficient (Wildman–Crippen LogP) is 0.792. The molecule has 17 heavy (non-hydrogen) atoms. The molecule has 5 nitrogen and oxygen atoms in total. The Morgan fingerprint density at radius 3 is 2.82 bits per heavy atom. The Labute approximate surface area is 99.0 Å². The van der Waals surface area contributed by atoms with E-state index in [1.165, 1.54) is 12.3 Å². The number of aromatic carboxylic acids is 1. The van der Waals surface area contributed by atoms with E-state index in [1.807, 2.05) is 0 Å². The van der Waals surface area contributed by atoms with Crippen LogP contribution >= 0.6 is 0 Å². The fourth-order valence-electron chi connectivity index (χ4n) is 1.15. The SMILES string of the molecule is C=C(C)C(=O)OCC[n+]1cccc(C(=O)O)c1. The van der Waals surface area contributed by atoms with E-state index >= 15 is 0 Å². The van der Waals surface area contributed by atoms with Gasteiger partial charge in [0.2, 0.25) is 0 Å². The largest absolute Gasteiger partial charge is 0.477 e. The number of rotatable bonds is 5. The first-order valence-electron chi connectivity index (χ1n) is 5.05. The zero-order valence-electron chi connectivity index (χ0n) is 9.55. The first kappa shape index (κ1) is 12.9. The molecule has 0 amide bonds. The topological polar surface area (TPSA) is 67.5 Å². The van der Waals surface area contributed by atoms with Crippen LogP contribution in [-0.4, -0.2) is 23.7 Å². The number of carbonyl (C=O) groups excluding carboxylic acids is 1. The third kappa shape index (κ3) is 4.06. The second-order valence-electron chi connectivity index (χ2n) is 3.55. The highest BCUT2D eigenvalue weighted by Gasteiger charge is 2.09. The van der Waals surface area contributed by atoms with Crippen molar-refractivity contribution in [1.82, 2.24) is 0 Å². The molecule has 5 heteroatoms. The van der Waals surface area contributed by atoms with Crippen molar-refractivity contribution >= 4 is 11.9 Å². The van der Waals surface area contributed by atoms with Gasteiger partial charge in [0, 0.05) is 11.6 Å². The molecule has 0 saturated heterocycles. The maximum atomic E-state index is 11.1. The van der Waals surface area contributed by atoms with Crippen LogP contribution in [-0.2, 0) is 16.1 Å². The monoisotopic (exact) mass is 236 g/mol. The molecule has 1 aromatic rings. The van der Waals surface area contributed by atoms with E-state index in [9.17, 15) is 9.59 Å². The number of hydrogen-bond donors (Lipinski definition) is 1. The Bertz CT molecular complexity index is 454. The molecular formula is C12H14NO4+. The lowest BCUT2D eigenvalue weighted by Crippen LogP contribution is -2.36. The zero-order chi connectivity index (χ0) is 12.8. The average molecular weight is 236 g/mol. The van der Waals surface area contributed by atoms with Crippen LogP contribution < -0.4 is 4.57 Å². The molecule has 90 valence electrons. The van der Waals surface area contributed by atoms with Gasteiger partial charge < -0.3 is 9.84 Å². The van der Waals surface area contributed by atoms with Crippen LogP contribution in [0.25, 0.3) is 0 Å². The van der Waals surface area contributed by atoms with Gasteiger partial charge in [-0.05, 0) is 13.0 Å². The second kappa shape index (κ2) is 5.79. The van der Waals surface area contributed by atoms with E-state index < -0.39 is 11.9 Å². The number of carboxylic acids is 1. The summed E-state index contributed by atoms with van der Waals surface area (Å²) in [7, 11) is 0. The number of hydrogen-bond acceptors (Lipinski definition) is 3. The van der Waals surface area contributed by atoms with Crippen molar-refractivity contribution in [2.24, 2.45) is 0 Å². The van der Waals surface area contributed by atoms with E-state index in [-0.39, 0.29) is 12.2 Å². The van der Waals surface area contributed by atoms with Gasteiger partial charge in [-0.1, -0.05) is 6.58 Å². The highest BCUT2D eigenvalue weighted by Crippen LogP contribution is 1.94. The molecule has 1 rings (SSSR count). The molecule has 0 spiro atoms. The van der Waals surface area contributed by atoms with E-state index in [0.717, 1.165) is 0 Å². The van der Waals surface area contributed by atoms with Gasteiger partial charge in [-0.3, -0.25) is 0 Å². The van der Waals surface area contributed by atoms with Crippen LogP contribution in [0.15, 0.2) is 36.7 Å². The Morgan fingerprint density at radius 1 is 1.53 bits per heavy atom. The fourth-order valence-corrected chi connectivity index (χ4v) is 1.15. The third-order valence-corrected chi connectivity index (χ3v) is 2.04. The molecular weight excluding hydrogens is 222 g/mol. The van der Waals surface area contributed by atoms with E-state index in [2.05, 4.69) is 6.58 Å². The fraction of sp³-hybridized carbons (Fsp3) is 0.250. The molecule has 0 aliphatic rings. The highest BCUT2D eigenvalue weighted by molar-refractivity contribution is 5.87. The van der Waals surface area contributed by atoms with Crippen molar-refractivity contribution in [3.05, 3.63) is 42.2 Å². The quantitative estimate of drug-likeness (QED) is 0.466. The second-order valence-corrected chi connectivity index (χ2v) is 3.55. The van der Waals surface area contributed by atoms with Gasteiger partial charge in [0.1, 0.15) is 5.56 Å². The first-order valence-corrected chi connectivity index (χ1v) is 5.05. The summed E-state index contributed by atoms with van der Waals surface area (Å²) in [5.74, 6) is -1.43. The summed E-state index contributed by atoms with van der Waals surface area (Å²) in [5, 5.41) is 8.79. The normalized spacial score (nSPS) is 9.71. The number of esters is 1. The van der Waals surface area contributed by atoms with Crippen LogP contribution in [0.5, 0.6) is 0 Å². The van der Waals surface area contributed by atoms with Crippen LogP contribution in [0.1, 0.15) is 17.3 Å². The minimum absolute atomic E-state index is 0.180. The number of aromatic nitrogens is 1. The van der Waals surface area contributed by atoms with Crippen molar-refractivity contribution in [3.8, 4) is 0 Å². The number of carboxylic acid groups (broad SMARTS) is 1. The molecule has 1 aromatic heterocycles. The molecule has 0 radical (unpaired) electrons. The van der Waals surface area contributed by atoms with Gasteiger partial charge in [0.25, 0.3) is 0 Å². The molecule has 0 aliphatic carbocycles. The minimum atomic E-state index is -0.988. The molecule has 0 saturated carbocycles. The standard InChI is InChI=1S/C12H13NO4/c1-9(2)12(16)17-7-6-13-5-3-4-10(8-13)11(14)15/h3-5,8H,1,6-7H2,2H3/p+1. The number of ether oxygens (including phenoxy) is 1. The Balaban J connectivity index is 2.52. The number of carbonyl (C=O) groups is 2. The van der Waals surface area contributed by atoms with Gasteiger partial charge in [-0.15, -0.1) is 0 Å². The van der Waals surface area contributed by atoms with Gasteiger partial charge in [0.15, 0.2) is 25.5 Å².